The number of carbonyl (C=O) groups is 1. The topological polar surface area (TPSA) is 88.0 Å². The average molecular weight is 472 g/mol. The largest absolute Gasteiger partial charge is 0.492 e. The maximum absolute atomic E-state index is 11.4. The Kier molecular flexibility index (Phi) is 10.2. The molecule has 0 radical (unpaired) electrons. The lowest BCUT2D eigenvalue weighted by atomic mass is 10.0. The summed E-state index contributed by atoms with van der Waals surface area (Å²) in [5.74, 6) is 0.0786. The lowest BCUT2D eigenvalue weighted by Crippen LogP contribution is -2.26. The number of nitrogens with one attached hydrogen (secondary N) is 1. The molecule has 33 heavy (non-hydrogen) atoms. The fraction of sp³-hybridized carbons (Fsp3) is 0.269. The van der Waals surface area contributed by atoms with E-state index in [1.165, 1.54) is 0 Å². The van der Waals surface area contributed by atoms with Gasteiger partial charge in [0.1, 0.15) is 23.7 Å². The normalized spacial score (nSPS) is 11.5. The Bertz CT molecular complexity index is 1010. The molecule has 0 unspecified atom stereocenters. The summed E-state index contributed by atoms with van der Waals surface area (Å²) in [4.78, 5) is 11.4. The number of carboxylic acid groups (broad SMARTS) is 1. The first-order valence-corrected chi connectivity index (χ1v) is 10.6. The van der Waals surface area contributed by atoms with Gasteiger partial charge in [-0.05, 0) is 54.8 Å². The number of halogens is 1. The van der Waals surface area contributed by atoms with Crippen molar-refractivity contribution in [3.8, 4) is 22.6 Å². The Balaban J connectivity index is 0.00000385. The molecule has 3 aromatic carbocycles. The highest BCUT2D eigenvalue weighted by Crippen LogP contribution is 2.29. The molecular weight excluding hydrogens is 442 g/mol. The Morgan fingerprint density at radius 3 is 2.27 bits per heavy atom. The molecule has 0 aliphatic rings. The van der Waals surface area contributed by atoms with Crippen LogP contribution in [-0.2, 0) is 0 Å². The number of ether oxygens (including phenoxy) is 2. The first-order chi connectivity index (χ1) is 15.4. The molecule has 0 heterocycles. The molecule has 0 aliphatic heterocycles. The lowest BCUT2D eigenvalue weighted by Gasteiger charge is -2.14. The van der Waals surface area contributed by atoms with Gasteiger partial charge in [-0.2, -0.15) is 0 Å². The van der Waals surface area contributed by atoms with E-state index in [9.17, 15) is 15.0 Å². The maximum atomic E-state index is 11.4. The highest BCUT2D eigenvalue weighted by atomic mass is 35.5. The molecule has 176 valence electrons. The lowest BCUT2D eigenvalue weighted by molar-refractivity contribution is 0.0690. The highest BCUT2D eigenvalue weighted by molar-refractivity contribution is 5.92. The van der Waals surface area contributed by atoms with Crippen molar-refractivity contribution in [2.45, 2.75) is 26.1 Å². The molecule has 0 spiro atoms. The quantitative estimate of drug-likeness (QED) is 0.342. The van der Waals surface area contributed by atoms with Crippen molar-refractivity contribution in [1.82, 2.24) is 5.32 Å². The minimum atomic E-state index is -1.01. The van der Waals surface area contributed by atoms with Gasteiger partial charge in [0.05, 0.1) is 12.2 Å². The first kappa shape index (κ1) is 26.2. The molecule has 0 saturated carbocycles. The van der Waals surface area contributed by atoms with E-state index in [1.807, 2.05) is 68.4 Å². The third-order valence-electron chi connectivity index (χ3n) is 4.83. The molecule has 1 atom stereocenters. The fourth-order valence-corrected chi connectivity index (χ4v) is 3.25. The number of aliphatic hydroxyl groups excluding tert-OH is 1. The number of rotatable bonds is 11. The van der Waals surface area contributed by atoms with Crippen LogP contribution in [0.15, 0.2) is 72.8 Å². The Hall–Kier alpha value is -3.06. The Morgan fingerprint density at radius 1 is 0.970 bits per heavy atom. The molecule has 6 nitrogen and oxygen atoms in total. The van der Waals surface area contributed by atoms with E-state index in [0.717, 1.165) is 22.4 Å². The monoisotopic (exact) mass is 471 g/mol. The second kappa shape index (κ2) is 12.8. The maximum Gasteiger partial charge on any atom is 0.339 e. The third-order valence-corrected chi connectivity index (χ3v) is 4.83. The molecule has 0 fully saturated rings. The van der Waals surface area contributed by atoms with Gasteiger partial charge in [0.25, 0.3) is 0 Å². The van der Waals surface area contributed by atoms with Crippen molar-refractivity contribution >= 4 is 18.4 Å². The van der Waals surface area contributed by atoms with Gasteiger partial charge < -0.3 is 25.0 Å². The summed E-state index contributed by atoms with van der Waals surface area (Å²) in [6.07, 6.45) is -0.672. The smallest absolute Gasteiger partial charge is 0.339 e. The molecule has 0 bridgehead atoms. The van der Waals surface area contributed by atoms with E-state index in [0.29, 0.717) is 25.4 Å². The summed E-state index contributed by atoms with van der Waals surface area (Å²) in [6.45, 7) is 5.27. The SMILES string of the molecule is CC(C)Oc1cc(-c2ccc(OCCNC[C@H](O)c3ccccc3)cc2)ccc1C(=O)O.Cl. The van der Waals surface area contributed by atoms with Gasteiger partial charge >= 0.3 is 5.97 Å². The van der Waals surface area contributed by atoms with Crippen LogP contribution in [0.2, 0.25) is 0 Å². The molecule has 0 aliphatic carbocycles. The highest BCUT2D eigenvalue weighted by Gasteiger charge is 2.14. The van der Waals surface area contributed by atoms with Crippen LogP contribution in [-0.4, -0.2) is 42.0 Å². The van der Waals surface area contributed by atoms with Gasteiger partial charge in [-0.25, -0.2) is 4.79 Å². The van der Waals surface area contributed by atoms with Crippen LogP contribution < -0.4 is 14.8 Å². The molecule has 3 aromatic rings. The second-order valence-corrected chi connectivity index (χ2v) is 7.69. The number of benzene rings is 3. The van der Waals surface area contributed by atoms with Gasteiger partial charge in [0.2, 0.25) is 0 Å². The van der Waals surface area contributed by atoms with E-state index in [2.05, 4.69) is 5.32 Å². The van der Waals surface area contributed by atoms with Crippen LogP contribution in [0.25, 0.3) is 11.1 Å². The number of hydrogen-bond acceptors (Lipinski definition) is 5. The van der Waals surface area contributed by atoms with Crippen molar-refractivity contribution in [3.05, 3.63) is 83.9 Å². The van der Waals surface area contributed by atoms with E-state index < -0.39 is 12.1 Å². The van der Waals surface area contributed by atoms with Crippen LogP contribution in [0.4, 0.5) is 0 Å². The van der Waals surface area contributed by atoms with Crippen LogP contribution in [0.1, 0.15) is 35.9 Å². The van der Waals surface area contributed by atoms with Crippen LogP contribution >= 0.6 is 12.4 Å². The Morgan fingerprint density at radius 2 is 1.64 bits per heavy atom. The third kappa shape index (κ3) is 7.79. The van der Waals surface area contributed by atoms with E-state index in [4.69, 9.17) is 9.47 Å². The van der Waals surface area contributed by atoms with Gasteiger partial charge in [0.15, 0.2) is 0 Å². The van der Waals surface area contributed by atoms with Crippen molar-refractivity contribution in [2.24, 2.45) is 0 Å². The molecule has 0 aromatic heterocycles. The second-order valence-electron chi connectivity index (χ2n) is 7.69. The molecule has 7 heteroatoms. The molecule has 3 N–H and O–H groups in total. The van der Waals surface area contributed by atoms with Crippen LogP contribution in [0, 0.1) is 0 Å². The van der Waals surface area contributed by atoms with Crippen molar-refractivity contribution in [1.29, 1.82) is 0 Å². The molecule has 3 rings (SSSR count). The Labute approximate surface area is 200 Å². The summed E-state index contributed by atoms with van der Waals surface area (Å²) >= 11 is 0. The van der Waals surface area contributed by atoms with Crippen LogP contribution in [0.3, 0.4) is 0 Å². The summed E-state index contributed by atoms with van der Waals surface area (Å²) in [6, 6.07) is 22.2. The van der Waals surface area contributed by atoms with Crippen molar-refractivity contribution < 1.29 is 24.5 Å². The van der Waals surface area contributed by atoms with Crippen molar-refractivity contribution in [3.63, 3.8) is 0 Å². The zero-order valence-electron chi connectivity index (χ0n) is 18.7. The van der Waals surface area contributed by atoms with E-state index in [-0.39, 0.29) is 24.1 Å². The molecular formula is C26H30ClNO5. The zero-order valence-corrected chi connectivity index (χ0v) is 19.5. The van der Waals surface area contributed by atoms with E-state index in [1.54, 1.807) is 18.2 Å². The fourth-order valence-electron chi connectivity index (χ4n) is 3.25. The standard InChI is InChI=1S/C26H29NO5.ClH/c1-18(2)32-25-16-21(10-13-23(25)26(29)30)19-8-11-22(12-9-19)31-15-14-27-17-24(28)20-6-4-3-5-7-20;/h3-13,16,18,24,27-28H,14-15,17H2,1-2H3,(H,29,30);1H/t24-;/m0./s1. The van der Waals surface area contributed by atoms with Gasteiger partial charge in [-0.3, -0.25) is 0 Å². The van der Waals surface area contributed by atoms with E-state index >= 15 is 0 Å². The molecule has 0 amide bonds. The molecule has 0 saturated heterocycles. The number of hydrogen-bond donors (Lipinski definition) is 3. The number of carboxylic acids is 1. The minimum absolute atomic E-state index is 0. The predicted molar refractivity (Wildman–Crippen MR) is 132 cm³/mol. The first-order valence-electron chi connectivity index (χ1n) is 10.6. The summed E-state index contributed by atoms with van der Waals surface area (Å²) in [5, 5.41) is 22.7. The van der Waals surface area contributed by atoms with Crippen LogP contribution in [0.5, 0.6) is 11.5 Å². The number of aromatic carboxylic acids is 1. The van der Waals surface area contributed by atoms with Gasteiger partial charge in [0, 0.05) is 13.1 Å². The van der Waals surface area contributed by atoms with Gasteiger partial charge in [-0.1, -0.05) is 48.5 Å². The minimum Gasteiger partial charge on any atom is -0.492 e. The van der Waals surface area contributed by atoms with Crippen molar-refractivity contribution in [2.75, 3.05) is 19.7 Å². The zero-order chi connectivity index (χ0) is 22.9. The van der Waals surface area contributed by atoms with Gasteiger partial charge in [-0.15, -0.1) is 12.4 Å². The summed E-state index contributed by atoms with van der Waals surface area (Å²) in [7, 11) is 0. The summed E-state index contributed by atoms with van der Waals surface area (Å²) < 4.78 is 11.4. The number of aliphatic hydroxyl groups is 1. The predicted octanol–water partition coefficient (Wildman–Crippen LogP) is 4.96. The summed E-state index contributed by atoms with van der Waals surface area (Å²) in [5.41, 5.74) is 2.84. The average Bonchev–Trinajstić information content (AvgIpc) is 2.79.